The molecule has 0 bridgehead atoms. The molecular weight excluding hydrogens is 807 g/mol. The van der Waals surface area contributed by atoms with E-state index in [4.69, 9.17) is 5.73 Å². The summed E-state index contributed by atoms with van der Waals surface area (Å²) in [7, 11) is 0. The van der Waals surface area contributed by atoms with Gasteiger partial charge in [-0.25, -0.2) is 4.79 Å². The molecule has 0 fully saturated rings. The Kier molecular flexibility index (Phi) is 21.0. The average molecular weight is 864 g/mol. The van der Waals surface area contributed by atoms with E-state index in [0.29, 0.717) is 11.1 Å². The minimum Gasteiger partial charge on any atom is -0.508 e. The fourth-order valence-electron chi connectivity index (χ4n) is 5.66. The van der Waals surface area contributed by atoms with Crippen LogP contribution in [0.15, 0.2) is 48.5 Å². The zero-order chi connectivity index (χ0) is 44.4. The Morgan fingerprint density at radius 3 is 1.25 bits per heavy atom. The Morgan fingerprint density at radius 1 is 0.525 bits per heavy atom. The topological polar surface area (TPSA) is 299 Å². The first-order valence-corrected chi connectivity index (χ1v) is 20.2. The maximum atomic E-state index is 13.7. The second kappa shape index (κ2) is 24.8. The van der Waals surface area contributed by atoms with Gasteiger partial charge in [0.2, 0.25) is 35.4 Å². The molecule has 0 aliphatic heterocycles. The number of phenolic OH excluding ortho intramolecular Hbond substituents is 2. The predicted octanol–water partition coefficient (Wildman–Crippen LogP) is -0.852. The first kappa shape index (κ1) is 50.1. The lowest BCUT2D eigenvalue weighted by molar-refractivity contribution is -0.142. The molecule has 59 heavy (non-hydrogen) atoms. The van der Waals surface area contributed by atoms with Gasteiger partial charge in [0.05, 0.1) is 12.6 Å². The molecule has 0 aromatic heterocycles. The lowest BCUT2D eigenvalue weighted by Gasteiger charge is -2.27. The van der Waals surface area contributed by atoms with Gasteiger partial charge in [0.15, 0.2) is 0 Å². The number of aliphatic carboxylic acids is 1. The van der Waals surface area contributed by atoms with Crippen molar-refractivity contribution in [2.24, 2.45) is 17.6 Å². The number of hydrogen-bond donors (Lipinski definition) is 13. The van der Waals surface area contributed by atoms with Gasteiger partial charge in [0.25, 0.3) is 0 Å². The van der Waals surface area contributed by atoms with E-state index >= 15 is 0 Å². The molecule has 7 atom stereocenters. The molecule has 0 saturated carbocycles. The molecule has 2 aromatic rings. The molecule has 0 radical (unpaired) electrons. The largest absolute Gasteiger partial charge is 0.508 e. The van der Waals surface area contributed by atoms with Crippen LogP contribution in [-0.4, -0.2) is 122 Å². The summed E-state index contributed by atoms with van der Waals surface area (Å²) in [6.45, 7) is 6.21. The molecule has 0 aliphatic carbocycles. The first-order chi connectivity index (χ1) is 27.8. The number of amides is 6. The van der Waals surface area contributed by atoms with Gasteiger partial charge in [-0.2, -0.15) is 25.3 Å². The molecule has 0 aliphatic rings. The van der Waals surface area contributed by atoms with Crippen LogP contribution in [0.3, 0.4) is 0 Å². The molecule has 0 unspecified atom stereocenters. The number of carbonyl (C=O) groups excluding carboxylic acids is 6. The summed E-state index contributed by atoms with van der Waals surface area (Å²) in [5.74, 6) is -6.89. The number of carboxylic acids is 1. The minimum atomic E-state index is -1.62. The van der Waals surface area contributed by atoms with Crippen molar-refractivity contribution in [3.63, 3.8) is 0 Å². The molecule has 18 nitrogen and oxygen atoms in total. The fraction of sp³-hybridized carbons (Fsp3) is 0.513. The van der Waals surface area contributed by atoms with E-state index in [1.807, 2.05) is 0 Å². The SMILES string of the molecule is CC(C)C[C@H](NC(=O)[C@H](Cc1ccc(O)cc1)NC(=O)[C@@H](N)CS)C(=O)N[C@@H](CS)C(=O)N[C@H](CO)C(=O)N[C@@H](CC(C)C)C(=O)N[C@@H](Cc1ccc(O)cc1)C(=O)O. The zero-order valence-electron chi connectivity index (χ0n) is 33.4. The molecule has 6 amide bonds. The quantitative estimate of drug-likeness (QED) is 0.0575. The molecule has 2 rings (SSSR count). The van der Waals surface area contributed by atoms with Crippen LogP contribution in [0.4, 0.5) is 0 Å². The van der Waals surface area contributed by atoms with Gasteiger partial charge in [0.1, 0.15) is 47.8 Å². The van der Waals surface area contributed by atoms with Crippen molar-refractivity contribution in [3.05, 3.63) is 59.7 Å². The van der Waals surface area contributed by atoms with Crippen LogP contribution in [0.2, 0.25) is 0 Å². The Labute approximate surface area is 354 Å². The van der Waals surface area contributed by atoms with Crippen LogP contribution in [0, 0.1) is 11.8 Å². The fourth-order valence-corrected chi connectivity index (χ4v) is 6.09. The van der Waals surface area contributed by atoms with E-state index < -0.39 is 90.3 Å². The third-order valence-electron chi connectivity index (χ3n) is 8.84. The monoisotopic (exact) mass is 863 g/mol. The van der Waals surface area contributed by atoms with Gasteiger partial charge in [-0.15, -0.1) is 0 Å². The Balaban J connectivity index is 2.19. The van der Waals surface area contributed by atoms with E-state index in [0.717, 1.165) is 0 Å². The van der Waals surface area contributed by atoms with Gasteiger partial charge in [-0.1, -0.05) is 52.0 Å². The number of nitrogens with two attached hydrogens (primary N) is 1. The number of phenols is 2. The van der Waals surface area contributed by atoms with Crippen molar-refractivity contribution in [1.29, 1.82) is 0 Å². The summed E-state index contributed by atoms with van der Waals surface area (Å²) in [6, 6.07) is 2.57. The van der Waals surface area contributed by atoms with Crippen LogP contribution >= 0.6 is 25.3 Å². The highest BCUT2D eigenvalue weighted by atomic mass is 32.1. The van der Waals surface area contributed by atoms with E-state index in [1.165, 1.54) is 36.4 Å². The lowest BCUT2D eigenvalue weighted by Crippen LogP contribution is -2.61. The van der Waals surface area contributed by atoms with E-state index in [-0.39, 0.29) is 60.5 Å². The van der Waals surface area contributed by atoms with Crippen molar-refractivity contribution in [2.75, 3.05) is 18.1 Å². The minimum absolute atomic E-state index is 0.00612. The molecular formula is C39H57N7O11S2. The molecule has 20 heteroatoms. The molecule has 0 spiro atoms. The summed E-state index contributed by atoms with van der Waals surface area (Å²) in [5, 5.41) is 54.1. The van der Waals surface area contributed by atoms with Gasteiger partial charge >= 0.3 is 5.97 Å². The summed E-state index contributed by atoms with van der Waals surface area (Å²) in [6.07, 6.45) is 0.0147. The summed E-state index contributed by atoms with van der Waals surface area (Å²) in [5.41, 5.74) is 6.91. The zero-order valence-corrected chi connectivity index (χ0v) is 35.2. The summed E-state index contributed by atoms with van der Waals surface area (Å²) >= 11 is 8.23. The number of benzene rings is 2. The van der Waals surface area contributed by atoms with Crippen LogP contribution in [0.1, 0.15) is 51.7 Å². The Morgan fingerprint density at radius 2 is 0.864 bits per heavy atom. The number of nitrogens with one attached hydrogen (secondary N) is 6. The first-order valence-electron chi connectivity index (χ1n) is 19.0. The molecule has 12 N–H and O–H groups in total. The van der Waals surface area contributed by atoms with Crippen LogP contribution in [-0.2, 0) is 46.4 Å². The van der Waals surface area contributed by atoms with Crippen molar-refractivity contribution >= 4 is 66.7 Å². The number of thiol groups is 2. The van der Waals surface area contributed by atoms with Gasteiger partial charge in [-0.05, 0) is 60.1 Å². The van der Waals surface area contributed by atoms with Gasteiger partial charge < -0.3 is 58.1 Å². The number of carboxylic acid groups (broad SMARTS) is 1. The van der Waals surface area contributed by atoms with Crippen molar-refractivity contribution in [1.82, 2.24) is 31.9 Å². The molecule has 2 aromatic carbocycles. The highest BCUT2D eigenvalue weighted by Gasteiger charge is 2.34. The Hall–Kier alpha value is -5.05. The number of aliphatic hydroxyl groups excluding tert-OH is 1. The number of aliphatic hydroxyl groups is 1. The predicted molar refractivity (Wildman–Crippen MR) is 225 cm³/mol. The maximum Gasteiger partial charge on any atom is 0.326 e. The molecule has 0 heterocycles. The summed E-state index contributed by atoms with van der Waals surface area (Å²) in [4.78, 5) is 92.1. The number of aromatic hydroxyl groups is 2. The second-order valence-electron chi connectivity index (χ2n) is 14.9. The second-order valence-corrected chi connectivity index (χ2v) is 15.6. The smallest absolute Gasteiger partial charge is 0.326 e. The van der Waals surface area contributed by atoms with Crippen molar-refractivity contribution in [2.45, 2.75) is 95.7 Å². The average Bonchev–Trinajstić information content (AvgIpc) is 3.18. The number of hydrogen-bond acceptors (Lipinski definition) is 13. The summed E-state index contributed by atoms with van der Waals surface area (Å²) < 4.78 is 0. The molecule has 326 valence electrons. The lowest BCUT2D eigenvalue weighted by atomic mass is 10.0. The van der Waals surface area contributed by atoms with E-state index in [9.17, 15) is 54.0 Å². The maximum absolute atomic E-state index is 13.7. The third-order valence-corrected chi connectivity index (χ3v) is 9.60. The van der Waals surface area contributed by atoms with E-state index in [2.05, 4.69) is 57.2 Å². The normalized spacial score (nSPS) is 14.7. The van der Waals surface area contributed by atoms with Crippen LogP contribution in [0.25, 0.3) is 0 Å². The Bertz CT molecular complexity index is 1730. The highest BCUT2D eigenvalue weighted by Crippen LogP contribution is 2.14. The van der Waals surface area contributed by atoms with Crippen molar-refractivity contribution < 1.29 is 54.0 Å². The third kappa shape index (κ3) is 17.4. The van der Waals surface area contributed by atoms with Crippen molar-refractivity contribution in [3.8, 4) is 11.5 Å². The van der Waals surface area contributed by atoms with Gasteiger partial charge in [-0.3, -0.25) is 28.8 Å². The number of rotatable bonds is 24. The standard InChI is InChI=1S/C39H57N7O11S2/c1-20(2)13-27(34(51)44-30(39(56)57)16-23-7-11-25(49)12-8-23)43-37(54)31(17-47)45-38(55)32(19-59)46-35(52)28(14-21(3)4)42-36(53)29(41-33(50)26(40)18-58)15-22-5-9-24(48)10-6-22/h5-12,20-21,26-32,47-49,58-59H,13-19,40H2,1-4H3,(H,41,50)(H,42,53)(H,43,54)(H,44,51)(H,45,55)(H,46,52)(H,56,57)/t26-,27-,28-,29-,30-,31+,32-/m0/s1. The van der Waals surface area contributed by atoms with Crippen LogP contribution in [0.5, 0.6) is 11.5 Å². The van der Waals surface area contributed by atoms with Gasteiger partial charge in [0, 0.05) is 24.3 Å². The van der Waals surface area contributed by atoms with Crippen LogP contribution < -0.4 is 37.6 Å². The number of carbonyl (C=O) groups is 7. The molecule has 0 saturated heterocycles. The highest BCUT2D eigenvalue weighted by molar-refractivity contribution is 7.80. The van der Waals surface area contributed by atoms with E-state index in [1.54, 1.807) is 39.8 Å².